The number of hydrogen-bond acceptors (Lipinski definition) is 7. The summed E-state index contributed by atoms with van der Waals surface area (Å²) in [5.74, 6) is 0.118. The van der Waals surface area contributed by atoms with Crippen LogP contribution in [0.15, 0.2) is 18.5 Å². The Bertz CT molecular complexity index is 728. The number of hydrogen-bond donors (Lipinski definition) is 3. The third-order valence-corrected chi connectivity index (χ3v) is 5.50. The second kappa shape index (κ2) is 12.4. The first-order chi connectivity index (χ1) is 15.1. The molecule has 0 bridgehead atoms. The van der Waals surface area contributed by atoms with Crippen LogP contribution in [0.5, 0.6) is 0 Å². The van der Waals surface area contributed by atoms with E-state index in [2.05, 4.69) is 26.1 Å². The van der Waals surface area contributed by atoms with Gasteiger partial charge in [-0.2, -0.15) is 0 Å². The molecule has 2 atom stereocenters. The Hall–Kier alpha value is -2.52. The van der Waals surface area contributed by atoms with Gasteiger partial charge in [-0.1, -0.05) is 26.2 Å². The van der Waals surface area contributed by atoms with Crippen LogP contribution in [-0.4, -0.2) is 46.8 Å². The molecule has 2 amide bonds. The molecule has 3 rings (SSSR count). The largest absolute Gasteiger partial charge is 0.357 e. The summed E-state index contributed by atoms with van der Waals surface area (Å²) in [7, 11) is 0. The minimum Gasteiger partial charge on any atom is -0.357 e. The number of hydroxylamine groups is 1. The monoisotopic (exact) mass is 431 g/mol. The van der Waals surface area contributed by atoms with Gasteiger partial charge in [0.25, 0.3) is 5.91 Å². The highest BCUT2D eigenvalue weighted by Crippen LogP contribution is 2.18. The van der Waals surface area contributed by atoms with Gasteiger partial charge in [0.05, 0.1) is 18.1 Å². The lowest BCUT2D eigenvalue weighted by Crippen LogP contribution is -2.45. The van der Waals surface area contributed by atoms with Crippen LogP contribution in [0.25, 0.3) is 6.08 Å². The molecule has 1 saturated carbocycles. The van der Waals surface area contributed by atoms with Gasteiger partial charge in [0.2, 0.25) is 5.91 Å². The number of rotatable bonds is 9. The minimum absolute atomic E-state index is 0.00112. The average molecular weight is 432 g/mol. The quantitative estimate of drug-likeness (QED) is 0.407. The van der Waals surface area contributed by atoms with E-state index in [0.29, 0.717) is 24.5 Å². The van der Waals surface area contributed by atoms with E-state index in [9.17, 15) is 9.59 Å². The molecule has 0 radical (unpaired) electrons. The fourth-order valence-electron chi connectivity index (χ4n) is 3.70. The number of anilines is 1. The summed E-state index contributed by atoms with van der Waals surface area (Å²) in [5, 5.41) is 6.29. The second-order valence-electron chi connectivity index (χ2n) is 7.99. The Morgan fingerprint density at radius 3 is 2.65 bits per heavy atom. The van der Waals surface area contributed by atoms with Crippen molar-refractivity contribution in [3.8, 4) is 0 Å². The molecule has 0 aromatic carbocycles. The molecular formula is C22H33N5O4. The van der Waals surface area contributed by atoms with Crippen molar-refractivity contribution in [1.29, 1.82) is 0 Å². The maximum atomic E-state index is 12.6. The number of amides is 2. The molecule has 1 aliphatic heterocycles. The summed E-state index contributed by atoms with van der Waals surface area (Å²) >= 11 is 0. The predicted molar refractivity (Wildman–Crippen MR) is 117 cm³/mol. The first-order valence-corrected chi connectivity index (χ1v) is 11.3. The fourth-order valence-corrected chi connectivity index (χ4v) is 3.70. The molecule has 3 N–H and O–H groups in total. The van der Waals surface area contributed by atoms with Gasteiger partial charge >= 0.3 is 0 Å². The van der Waals surface area contributed by atoms with E-state index in [1.165, 1.54) is 25.3 Å². The standard InChI is InChI=1S/C22H33N5O4/c1-2-18(22(29)25-16-8-4-3-5-9-16)26-19-15-23-17(14-24-19)11-12-20(28)27-31-21-10-6-7-13-30-21/h11-12,14-16,18,21H,2-10,13H2,1H3,(H,24,26)(H,25,29)(H,27,28)/t18-,21?/m1/s1. The summed E-state index contributed by atoms with van der Waals surface area (Å²) in [6.45, 7) is 2.61. The van der Waals surface area contributed by atoms with E-state index in [4.69, 9.17) is 9.57 Å². The second-order valence-corrected chi connectivity index (χ2v) is 7.99. The third-order valence-electron chi connectivity index (χ3n) is 5.50. The zero-order valence-corrected chi connectivity index (χ0v) is 18.1. The zero-order chi connectivity index (χ0) is 21.9. The molecule has 0 spiro atoms. The Morgan fingerprint density at radius 1 is 1.16 bits per heavy atom. The van der Waals surface area contributed by atoms with Crippen molar-refractivity contribution in [2.45, 2.75) is 83.1 Å². The van der Waals surface area contributed by atoms with Crippen molar-refractivity contribution in [3.63, 3.8) is 0 Å². The lowest BCUT2D eigenvalue weighted by molar-refractivity contribution is -0.198. The molecule has 9 heteroatoms. The van der Waals surface area contributed by atoms with Gasteiger partial charge in [0.1, 0.15) is 11.9 Å². The third kappa shape index (κ3) is 7.91. The van der Waals surface area contributed by atoms with Crippen LogP contribution < -0.4 is 16.1 Å². The van der Waals surface area contributed by atoms with Crippen LogP contribution in [0.3, 0.4) is 0 Å². The first kappa shape index (κ1) is 23.1. The van der Waals surface area contributed by atoms with Crippen molar-refractivity contribution in [2.75, 3.05) is 11.9 Å². The van der Waals surface area contributed by atoms with E-state index in [-0.39, 0.29) is 18.0 Å². The molecule has 2 aliphatic rings. The van der Waals surface area contributed by atoms with Gasteiger partial charge in [-0.3, -0.25) is 14.6 Å². The van der Waals surface area contributed by atoms with E-state index in [0.717, 1.165) is 32.1 Å². The number of nitrogens with zero attached hydrogens (tertiary/aromatic N) is 2. The van der Waals surface area contributed by atoms with Crippen LogP contribution >= 0.6 is 0 Å². The smallest absolute Gasteiger partial charge is 0.267 e. The van der Waals surface area contributed by atoms with Crippen molar-refractivity contribution in [2.24, 2.45) is 0 Å². The zero-order valence-electron chi connectivity index (χ0n) is 18.1. The van der Waals surface area contributed by atoms with Gasteiger partial charge in [-0.15, -0.1) is 0 Å². The maximum Gasteiger partial charge on any atom is 0.267 e. The molecule has 1 aliphatic carbocycles. The van der Waals surface area contributed by atoms with E-state index >= 15 is 0 Å². The fraction of sp³-hybridized carbons (Fsp3) is 0.636. The molecule has 1 aromatic rings. The minimum atomic E-state index is -0.399. The SMILES string of the molecule is CC[C@@H](Nc1cnc(C=CC(=O)NOC2CCCCO2)cn1)C(=O)NC1CCCCC1. The molecule has 2 heterocycles. The Kier molecular flexibility index (Phi) is 9.23. The summed E-state index contributed by atoms with van der Waals surface area (Å²) in [4.78, 5) is 38.2. The van der Waals surface area contributed by atoms with Crippen molar-refractivity contribution in [1.82, 2.24) is 20.8 Å². The van der Waals surface area contributed by atoms with Crippen LogP contribution in [0.1, 0.15) is 70.4 Å². The number of carbonyl (C=O) groups is 2. The van der Waals surface area contributed by atoms with Crippen LogP contribution in [0.2, 0.25) is 0 Å². The predicted octanol–water partition coefficient (Wildman–Crippen LogP) is 2.70. The first-order valence-electron chi connectivity index (χ1n) is 11.3. The van der Waals surface area contributed by atoms with Crippen molar-refractivity contribution in [3.05, 3.63) is 24.2 Å². The topological polar surface area (TPSA) is 114 Å². The van der Waals surface area contributed by atoms with Crippen LogP contribution in [0, 0.1) is 0 Å². The molecule has 31 heavy (non-hydrogen) atoms. The average Bonchev–Trinajstić information content (AvgIpc) is 2.82. The highest BCUT2D eigenvalue weighted by Gasteiger charge is 2.21. The number of aromatic nitrogens is 2. The summed E-state index contributed by atoms with van der Waals surface area (Å²) in [6, 6.07) is -0.0851. The molecule has 1 unspecified atom stereocenters. The van der Waals surface area contributed by atoms with Gasteiger partial charge in [-0.05, 0) is 38.2 Å². The molecule has 9 nitrogen and oxygen atoms in total. The summed E-state index contributed by atoms with van der Waals surface area (Å²) in [6.07, 6.45) is 14.7. The Labute approximate surface area is 183 Å². The van der Waals surface area contributed by atoms with Gasteiger partial charge in [0.15, 0.2) is 6.29 Å². The molecule has 2 fully saturated rings. The van der Waals surface area contributed by atoms with Gasteiger partial charge in [-0.25, -0.2) is 15.3 Å². The molecule has 1 aromatic heterocycles. The lowest BCUT2D eigenvalue weighted by Gasteiger charge is -2.25. The summed E-state index contributed by atoms with van der Waals surface area (Å²) < 4.78 is 5.39. The summed E-state index contributed by atoms with van der Waals surface area (Å²) in [5.41, 5.74) is 2.88. The van der Waals surface area contributed by atoms with E-state index in [1.54, 1.807) is 18.5 Å². The van der Waals surface area contributed by atoms with Crippen LogP contribution in [-0.2, 0) is 19.2 Å². The van der Waals surface area contributed by atoms with Gasteiger partial charge in [0, 0.05) is 25.1 Å². The van der Waals surface area contributed by atoms with Gasteiger partial charge < -0.3 is 15.4 Å². The normalized spacial score (nSPS) is 20.9. The Balaban J connectivity index is 1.44. The maximum absolute atomic E-state index is 12.6. The molecular weight excluding hydrogens is 398 g/mol. The number of nitrogens with one attached hydrogen (secondary N) is 3. The van der Waals surface area contributed by atoms with Crippen molar-refractivity contribution < 1.29 is 19.2 Å². The van der Waals surface area contributed by atoms with E-state index in [1.807, 2.05) is 6.92 Å². The lowest BCUT2D eigenvalue weighted by atomic mass is 9.95. The van der Waals surface area contributed by atoms with Crippen molar-refractivity contribution >= 4 is 23.7 Å². The van der Waals surface area contributed by atoms with E-state index < -0.39 is 12.2 Å². The number of ether oxygens (including phenoxy) is 1. The highest BCUT2D eigenvalue weighted by atomic mass is 16.8. The highest BCUT2D eigenvalue weighted by molar-refractivity contribution is 5.90. The molecule has 170 valence electrons. The Morgan fingerprint density at radius 2 is 1.97 bits per heavy atom. The molecule has 1 saturated heterocycles. The number of carbonyl (C=O) groups excluding carboxylic acids is 2. The van der Waals surface area contributed by atoms with Crippen LogP contribution in [0.4, 0.5) is 5.82 Å².